The quantitative estimate of drug-likeness (QED) is 0.609. The number of aromatic nitrogens is 2. The molecule has 1 saturated heterocycles. The summed E-state index contributed by atoms with van der Waals surface area (Å²) in [7, 11) is 0. The van der Waals surface area contributed by atoms with Crippen molar-refractivity contribution in [2.75, 3.05) is 18.0 Å². The topological polar surface area (TPSA) is 87.3 Å². The summed E-state index contributed by atoms with van der Waals surface area (Å²) in [4.78, 5) is 33.6. The summed E-state index contributed by atoms with van der Waals surface area (Å²) in [5, 5.41) is 2.76. The molecule has 4 rings (SSSR count). The lowest BCUT2D eigenvalue weighted by atomic mass is 9.81. The molecule has 0 spiro atoms. The zero-order valence-corrected chi connectivity index (χ0v) is 17.7. The summed E-state index contributed by atoms with van der Waals surface area (Å²) in [6.07, 6.45) is 0.104. The number of anilines is 1. The molecule has 33 heavy (non-hydrogen) atoms. The number of amides is 1. The molecule has 1 unspecified atom stereocenters. The molecular weight excluding hydrogens is 444 g/mol. The highest BCUT2D eigenvalue weighted by molar-refractivity contribution is 5.79. The Morgan fingerprint density at radius 3 is 2.70 bits per heavy atom. The van der Waals surface area contributed by atoms with E-state index in [-0.39, 0.29) is 41.3 Å². The molecule has 1 aromatic heterocycles. The standard InChI is InChI=1S/C22H24F4N4O3/c23-17-10-16(33-22(24,25)26)6-5-14(17)11-28-20(32)19(13-3-4-13)15-2-1-9-30(12-15)21-27-8-7-18(31)29-21/h5-8,10,13,15,19H,1-4,9,11-12H2,(H,28,32)(H,27,29,31)/t15-,19?/m1/s1. The fraction of sp³-hybridized carbons (Fsp3) is 0.500. The molecule has 1 saturated carbocycles. The Balaban J connectivity index is 1.40. The second kappa shape index (κ2) is 9.40. The van der Waals surface area contributed by atoms with Crippen LogP contribution in [0.25, 0.3) is 0 Å². The van der Waals surface area contributed by atoms with Crippen molar-refractivity contribution >= 4 is 11.9 Å². The van der Waals surface area contributed by atoms with Crippen molar-refractivity contribution in [1.29, 1.82) is 0 Å². The third-order valence-corrected chi connectivity index (χ3v) is 6.07. The molecule has 0 radical (unpaired) electrons. The molecule has 1 aromatic carbocycles. The van der Waals surface area contributed by atoms with Gasteiger partial charge in [0, 0.05) is 49.4 Å². The number of ether oxygens (including phenoxy) is 1. The lowest BCUT2D eigenvalue weighted by molar-refractivity contribution is -0.274. The normalized spacial score (nSPS) is 19.8. The number of aromatic amines is 1. The van der Waals surface area contributed by atoms with Crippen LogP contribution in [-0.4, -0.2) is 35.3 Å². The Morgan fingerprint density at radius 2 is 2.03 bits per heavy atom. The van der Waals surface area contributed by atoms with E-state index in [4.69, 9.17) is 0 Å². The van der Waals surface area contributed by atoms with Gasteiger partial charge in [-0.25, -0.2) is 9.37 Å². The molecule has 1 aliphatic carbocycles. The molecular formula is C22H24F4N4O3. The van der Waals surface area contributed by atoms with Gasteiger partial charge in [-0.1, -0.05) is 6.07 Å². The average Bonchev–Trinajstić information content (AvgIpc) is 3.57. The van der Waals surface area contributed by atoms with Crippen molar-refractivity contribution < 1.29 is 27.1 Å². The first-order valence-corrected chi connectivity index (χ1v) is 10.8. The van der Waals surface area contributed by atoms with Gasteiger partial charge in [0.25, 0.3) is 5.56 Å². The lowest BCUT2D eigenvalue weighted by Gasteiger charge is -2.36. The van der Waals surface area contributed by atoms with E-state index in [9.17, 15) is 27.2 Å². The molecule has 2 N–H and O–H groups in total. The van der Waals surface area contributed by atoms with E-state index in [1.807, 2.05) is 4.90 Å². The van der Waals surface area contributed by atoms with Crippen LogP contribution in [0, 0.1) is 23.6 Å². The molecule has 2 fully saturated rings. The second-order valence-electron chi connectivity index (χ2n) is 8.49. The van der Waals surface area contributed by atoms with Gasteiger partial charge in [-0.05, 0) is 43.6 Å². The number of halogens is 4. The Bertz CT molecular complexity index is 1050. The number of benzene rings is 1. The maximum atomic E-state index is 14.2. The van der Waals surface area contributed by atoms with Gasteiger partial charge in [-0.2, -0.15) is 0 Å². The predicted octanol–water partition coefficient (Wildman–Crippen LogP) is 3.37. The number of alkyl halides is 3. The van der Waals surface area contributed by atoms with Gasteiger partial charge >= 0.3 is 6.36 Å². The number of carbonyl (C=O) groups excluding carboxylic acids is 1. The van der Waals surface area contributed by atoms with Crippen molar-refractivity contribution in [3.8, 4) is 5.75 Å². The number of rotatable bonds is 7. The number of hydrogen-bond acceptors (Lipinski definition) is 5. The zero-order valence-electron chi connectivity index (χ0n) is 17.7. The minimum atomic E-state index is -4.91. The second-order valence-corrected chi connectivity index (χ2v) is 8.49. The highest BCUT2D eigenvalue weighted by atomic mass is 19.4. The zero-order chi connectivity index (χ0) is 23.6. The van der Waals surface area contributed by atoms with Gasteiger partial charge in [0.15, 0.2) is 0 Å². The van der Waals surface area contributed by atoms with Crippen LogP contribution in [-0.2, 0) is 11.3 Å². The van der Waals surface area contributed by atoms with Crippen LogP contribution in [0.2, 0.25) is 0 Å². The highest BCUT2D eigenvalue weighted by Gasteiger charge is 2.42. The van der Waals surface area contributed by atoms with Crippen molar-refractivity contribution in [1.82, 2.24) is 15.3 Å². The predicted molar refractivity (Wildman–Crippen MR) is 111 cm³/mol. The first kappa shape index (κ1) is 23.1. The van der Waals surface area contributed by atoms with E-state index in [2.05, 4.69) is 20.0 Å². The number of piperidine rings is 1. The van der Waals surface area contributed by atoms with Crippen molar-refractivity contribution in [3.05, 3.63) is 52.2 Å². The Morgan fingerprint density at radius 1 is 1.24 bits per heavy atom. The number of nitrogens with zero attached hydrogens (tertiary/aromatic N) is 2. The molecule has 11 heteroatoms. The number of carbonyl (C=O) groups is 1. The Labute approximate surface area is 187 Å². The minimum Gasteiger partial charge on any atom is -0.406 e. The van der Waals surface area contributed by atoms with Crippen molar-refractivity contribution in [2.24, 2.45) is 17.8 Å². The summed E-state index contributed by atoms with van der Waals surface area (Å²) in [6.45, 7) is 1.16. The van der Waals surface area contributed by atoms with E-state index in [1.54, 1.807) is 0 Å². The monoisotopic (exact) mass is 468 g/mol. The average molecular weight is 468 g/mol. The van der Waals surface area contributed by atoms with Crippen LogP contribution in [0.3, 0.4) is 0 Å². The largest absolute Gasteiger partial charge is 0.573 e. The minimum absolute atomic E-state index is 0.0455. The van der Waals surface area contributed by atoms with Gasteiger partial charge < -0.3 is 15.0 Å². The third-order valence-electron chi connectivity index (χ3n) is 6.07. The van der Waals surface area contributed by atoms with Crippen LogP contribution >= 0.6 is 0 Å². The van der Waals surface area contributed by atoms with E-state index in [0.717, 1.165) is 38.3 Å². The lowest BCUT2D eigenvalue weighted by Crippen LogP contribution is -2.45. The molecule has 2 aromatic rings. The van der Waals surface area contributed by atoms with Gasteiger partial charge in [0.2, 0.25) is 11.9 Å². The van der Waals surface area contributed by atoms with Crippen LogP contribution in [0.5, 0.6) is 5.75 Å². The Hall–Kier alpha value is -3.11. The fourth-order valence-electron chi connectivity index (χ4n) is 4.45. The van der Waals surface area contributed by atoms with E-state index in [0.29, 0.717) is 18.6 Å². The molecule has 2 aliphatic rings. The molecule has 2 heterocycles. The van der Waals surface area contributed by atoms with E-state index < -0.39 is 17.9 Å². The smallest absolute Gasteiger partial charge is 0.406 e. The number of H-pyrrole nitrogens is 1. The molecule has 0 bridgehead atoms. The maximum absolute atomic E-state index is 14.2. The molecule has 7 nitrogen and oxygen atoms in total. The first-order chi connectivity index (χ1) is 15.7. The van der Waals surface area contributed by atoms with Gasteiger partial charge in [-0.15, -0.1) is 13.2 Å². The van der Waals surface area contributed by atoms with Crippen LogP contribution in [0.15, 0.2) is 35.3 Å². The molecule has 1 aliphatic heterocycles. The highest BCUT2D eigenvalue weighted by Crippen LogP contribution is 2.43. The van der Waals surface area contributed by atoms with Crippen molar-refractivity contribution in [3.63, 3.8) is 0 Å². The van der Waals surface area contributed by atoms with Crippen LogP contribution in [0.4, 0.5) is 23.5 Å². The molecule has 178 valence electrons. The first-order valence-electron chi connectivity index (χ1n) is 10.8. The van der Waals surface area contributed by atoms with Gasteiger partial charge in [0.05, 0.1) is 0 Å². The summed E-state index contributed by atoms with van der Waals surface area (Å²) < 4.78 is 54.9. The molecule has 1 amide bonds. The van der Waals surface area contributed by atoms with E-state index >= 15 is 0 Å². The van der Waals surface area contributed by atoms with Gasteiger partial charge in [-0.3, -0.25) is 14.6 Å². The third kappa shape index (κ3) is 6.02. The van der Waals surface area contributed by atoms with E-state index in [1.165, 1.54) is 18.3 Å². The van der Waals surface area contributed by atoms with Crippen LogP contribution < -0.4 is 20.5 Å². The summed E-state index contributed by atoms with van der Waals surface area (Å²) in [5.74, 6) is -1.24. The summed E-state index contributed by atoms with van der Waals surface area (Å²) in [6, 6.07) is 4.18. The number of hydrogen-bond donors (Lipinski definition) is 2. The summed E-state index contributed by atoms with van der Waals surface area (Å²) in [5.41, 5.74) is -0.170. The van der Waals surface area contributed by atoms with Crippen LogP contribution in [0.1, 0.15) is 31.2 Å². The SMILES string of the molecule is O=C(NCc1ccc(OC(F)(F)F)cc1F)C(C1CC1)[C@@H]1CCCN(c2nccc(=O)[nH]2)C1. The van der Waals surface area contributed by atoms with Crippen molar-refractivity contribution in [2.45, 2.75) is 38.6 Å². The maximum Gasteiger partial charge on any atom is 0.573 e. The fourth-order valence-corrected chi connectivity index (χ4v) is 4.45. The molecule has 2 atom stereocenters. The summed E-state index contributed by atoms with van der Waals surface area (Å²) >= 11 is 0. The number of nitrogens with one attached hydrogen (secondary N) is 2. The van der Waals surface area contributed by atoms with Gasteiger partial charge in [0.1, 0.15) is 11.6 Å². The Kier molecular flexibility index (Phi) is 6.57.